The molecule has 166 valence electrons. The highest BCUT2D eigenvalue weighted by Crippen LogP contribution is 2.18. The maximum absolute atomic E-state index is 12.9. The minimum atomic E-state index is -3.78. The van der Waals surface area contributed by atoms with E-state index in [1.807, 2.05) is 60.7 Å². The van der Waals surface area contributed by atoms with Crippen molar-refractivity contribution >= 4 is 27.3 Å². The van der Waals surface area contributed by atoms with Crippen molar-refractivity contribution in [2.75, 3.05) is 9.73 Å². The van der Waals surface area contributed by atoms with Crippen LogP contribution in [0.25, 0.3) is 0 Å². The first-order valence-corrected chi connectivity index (χ1v) is 11.7. The summed E-state index contributed by atoms with van der Waals surface area (Å²) < 4.78 is 27.7. The van der Waals surface area contributed by atoms with Crippen molar-refractivity contribution < 1.29 is 13.2 Å². The van der Waals surface area contributed by atoms with E-state index < -0.39 is 10.0 Å². The first-order valence-electron chi connectivity index (χ1n) is 10.2. The predicted molar refractivity (Wildman–Crippen MR) is 128 cm³/mol. The number of aromatic nitrogens is 1. The molecule has 0 bridgehead atoms. The monoisotopic (exact) mass is 458 g/mol. The van der Waals surface area contributed by atoms with E-state index in [9.17, 15) is 13.2 Å². The van der Waals surface area contributed by atoms with Crippen molar-refractivity contribution in [1.82, 2.24) is 10.4 Å². The number of pyridine rings is 1. The summed E-state index contributed by atoms with van der Waals surface area (Å²) in [7, 11) is -3.78. The molecule has 0 aliphatic heterocycles. The van der Waals surface area contributed by atoms with Crippen molar-refractivity contribution in [3.63, 3.8) is 0 Å². The van der Waals surface area contributed by atoms with Gasteiger partial charge in [0, 0.05) is 18.0 Å². The molecule has 0 saturated heterocycles. The number of benzene rings is 3. The number of nitrogens with zero attached hydrogens (tertiary/aromatic N) is 2. The molecule has 7 nitrogen and oxygen atoms in total. The Balaban J connectivity index is 1.50. The molecule has 1 heterocycles. The van der Waals surface area contributed by atoms with Gasteiger partial charge in [-0.3, -0.25) is 24.9 Å². The fourth-order valence-corrected chi connectivity index (χ4v) is 4.23. The normalized spacial score (nSPS) is 10.9. The van der Waals surface area contributed by atoms with Crippen LogP contribution in [0.1, 0.15) is 15.9 Å². The summed E-state index contributed by atoms with van der Waals surface area (Å²) in [5.41, 5.74) is 5.53. The fraction of sp³-hybridized carbons (Fsp3) is 0.0400. The number of sulfonamides is 1. The molecule has 3 aromatic carbocycles. The zero-order valence-corrected chi connectivity index (χ0v) is 18.4. The van der Waals surface area contributed by atoms with Crippen molar-refractivity contribution in [2.45, 2.75) is 11.4 Å². The molecule has 0 radical (unpaired) electrons. The molecular weight excluding hydrogens is 436 g/mol. The van der Waals surface area contributed by atoms with Crippen LogP contribution < -0.4 is 15.2 Å². The van der Waals surface area contributed by atoms with E-state index in [1.165, 1.54) is 36.7 Å². The van der Waals surface area contributed by atoms with Crippen LogP contribution in [0, 0.1) is 0 Å². The molecule has 0 aliphatic rings. The minimum absolute atomic E-state index is 0.0556. The molecule has 0 unspecified atom stereocenters. The molecule has 1 aromatic heterocycles. The Morgan fingerprint density at radius 2 is 1.39 bits per heavy atom. The zero-order valence-electron chi connectivity index (χ0n) is 17.6. The SMILES string of the molecule is O=C(NN(Cc1ccccc1)c1ccccc1)c1ccc(S(=O)(=O)Nc2ccncc2)cc1. The average Bonchev–Trinajstić information content (AvgIpc) is 2.85. The van der Waals surface area contributed by atoms with Crippen LogP contribution in [0.3, 0.4) is 0 Å². The summed E-state index contributed by atoms with van der Waals surface area (Å²) in [6.07, 6.45) is 3.00. The Morgan fingerprint density at radius 1 is 0.788 bits per heavy atom. The smallest absolute Gasteiger partial charge is 0.269 e. The van der Waals surface area contributed by atoms with E-state index in [1.54, 1.807) is 17.1 Å². The quantitative estimate of drug-likeness (QED) is 0.386. The summed E-state index contributed by atoms with van der Waals surface area (Å²) in [5, 5.41) is 1.76. The lowest BCUT2D eigenvalue weighted by molar-refractivity contribution is 0.0948. The second kappa shape index (κ2) is 9.97. The van der Waals surface area contributed by atoms with E-state index in [-0.39, 0.29) is 10.8 Å². The number of anilines is 2. The third kappa shape index (κ3) is 5.75. The lowest BCUT2D eigenvalue weighted by atomic mass is 10.2. The summed E-state index contributed by atoms with van der Waals surface area (Å²) in [4.78, 5) is 16.9. The summed E-state index contributed by atoms with van der Waals surface area (Å²) in [5.74, 6) is -0.346. The van der Waals surface area contributed by atoms with Crippen LogP contribution in [0.5, 0.6) is 0 Å². The van der Waals surface area contributed by atoms with Gasteiger partial charge >= 0.3 is 0 Å². The van der Waals surface area contributed by atoms with Gasteiger partial charge in [0.2, 0.25) is 0 Å². The van der Waals surface area contributed by atoms with Crippen LogP contribution in [0.2, 0.25) is 0 Å². The van der Waals surface area contributed by atoms with E-state index in [0.717, 1.165) is 11.3 Å². The Hall–Kier alpha value is -4.17. The van der Waals surface area contributed by atoms with Crippen LogP contribution in [0.15, 0.2) is 114 Å². The topological polar surface area (TPSA) is 91.4 Å². The highest BCUT2D eigenvalue weighted by Gasteiger charge is 2.17. The number of carbonyl (C=O) groups is 1. The molecule has 4 aromatic rings. The molecule has 0 aliphatic carbocycles. The van der Waals surface area contributed by atoms with Gasteiger partial charge in [-0.2, -0.15) is 0 Å². The van der Waals surface area contributed by atoms with Gasteiger partial charge in [-0.05, 0) is 54.1 Å². The average molecular weight is 459 g/mol. The molecule has 4 rings (SSSR count). The maximum atomic E-state index is 12.9. The number of para-hydroxylation sites is 1. The number of hydrogen-bond acceptors (Lipinski definition) is 5. The number of carbonyl (C=O) groups excluding carboxylic acids is 1. The highest BCUT2D eigenvalue weighted by molar-refractivity contribution is 7.92. The Morgan fingerprint density at radius 3 is 2.03 bits per heavy atom. The standard InChI is InChI=1S/C25H22N4O3S/c30-25(27-29(23-9-5-2-6-10-23)19-20-7-3-1-4-8-20)21-11-13-24(14-12-21)33(31,32)28-22-15-17-26-18-16-22/h1-18H,19H2,(H,26,28)(H,27,30). The predicted octanol–water partition coefficient (Wildman–Crippen LogP) is 4.23. The van der Waals surface area contributed by atoms with Gasteiger partial charge in [-0.15, -0.1) is 0 Å². The lowest BCUT2D eigenvalue weighted by Gasteiger charge is -2.25. The van der Waals surface area contributed by atoms with Gasteiger partial charge in [0.1, 0.15) is 0 Å². The molecule has 0 saturated carbocycles. The Labute approximate surface area is 192 Å². The molecule has 1 amide bonds. The largest absolute Gasteiger partial charge is 0.281 e. The zero-order chi connectivity index (χ0) is 23.1. The van der Waals surface area contributed by atoms with Crippen LogP contribution >= 0.6 is 0 Å². The van der Waals surface area contributed by atoms with Crippen molar-refractivity contribution in [2.24, 2.45) is 0 Å². The van der Waals surface area contributed by atoms with Crippen molar-refractivity contribution in [1.29, 1.82) is 0 Å². The fourth-order valence-electron chi connectivity index (χ4n) is 3.18. The van der Waals surface area contributed by atoms with E-state index >= 15 is 0 Å². The molecular formula is C25H22N4O3S. The first kappa shape index (κ1) is 22.0. The Bertz CT molecular complexity index is 1300. The van der Waals surface area contributed by atoms with Gasteiger partial charge in [0.15, 0.2) is 0 Å². The highest BCUT2D eigenvalue weighted by atomic mass is 32.2. The van der Waals surface area contributed by atoms with Crippen LogP contribution in [0.4, 0.5) is 11.4 Å². The van der Waals surface area contributed by atoms with E-state index in [0.29, 0.717) is 17.8 Å². The molecule has 0 spiro atoms. The molecule has 0 atom stereocenters. The van der Waals surface area contributed by atoms with Crippen LogP contribution in [-0.2, 0) is 16.6 Å². The van der Waals surface area contributed by atoms with Gasteiger partial charge in [-0.1, -0.05) is 48.5 Å². The lowest BCUT2D eigenvalue weighted by Crippen LogP contribution is -2.42. The molecule has 0 fully saturated rings. The summed E-state index contributed by atoms with van der Waals surface area (Å²) in [6, 6.07) is 28.2. The van der Waals surface area contributed by atoms with E-state index in [4.69, 9.17) is 0 Å². The van der Waals surface area contributed by atoms with Gasteiger partial charge < -0.3 is 0 Å². The minimum Gasteiger partial charge on any atom is -0.281 e. The second-order valence-corrected chi connectivity index (χ2v) is 8.90. The third-order valence-electron chi connectivity index (χ3n) is 4.85. The van der Waals surface area contributed by atoms with Crippen molar-refractivity contribution in [3.05, 3.63) is 121 Å². The van der Waals surface area contributed by atoms with Gasteiger partial charge in [-0.25, -0.2) is 8.42 Å². The van der Waals surface area contributed by atoms with Gasteiger partial charge in [0.05, 0.1) is 22.8 Å². The summed E-state index contributed by atoms with van der Waals surface area (Å²) in [6.45, 7) is 0.471. The number of amides is 1. The number of nitrogens with one attached hydrogen (secondary N) is 2. The van der Waals surface area contributed by atoms with E-state index in [2.05, 4.69) is 15.1 Å². The number of hydrogen-bond donors (Lipinski definition) is 2. The number of hydrazine groups is 1. The molecule has 8 heteroatoms. The molecule has 33 heavy (non-hydrogen) atoms. The first-order chi connectivity index (χ1) is 16.0. The number of rotatable bonds is 8. The van der Waals surface area contributed by atoms with Crippen LogP contribution in [-0.4, -0.2) is 19.3 Å². The van der Waals surface area contributed by atoms with Crippen molar-refractivity contribution in [3.8, 4) is 0 Å². The Kier molecular flexibility index (Phi) is 6.66. The molecule has 2 N–H and O–H groups in total. The maximum Gasteiger partial charge on any atom is 0.269 e. The van der Waals surface area contributed by atoms with Gasteiger partial charge in [0.25, 0.3) is 15.9 Å². The third-order valence-corrected chi connectivity index (χ3v) is 6.24. The second-order valence-electron chi connectivity index (χ2n) is 7.21. The summed E-state index contributed by atoms with van der Waals surface area (Å²) >= 11 is 0.